The van der Waals surface area contributed by atoms with Crippen molar-refractivity contribution in [3.8, 4) is 11.4 Å². The lowest BCUT2D eigenvalue weighted by Crippen LogP contribution is -2.06. The van der Waals surface area contributed by atoms with Crippen molar-refractivity contribution >= 4 is 5.95 Å². The SMILES string of the molecule is C=CCNc1nc(C)nc(-c2ccc(F)nc2)n1. The number of nitrogens with one attached hydrogen (secondary N) is 1. The Morgan fingerprint density at radius 3 is 2.83 bits per heavy atom. The van der Waals surface area contributed by atoms with Crippen LogP contribution in [0.4, 0.5) is 10.3 Å². The van der Waals surface area contributed by atoms with Gasteiger partial charge in [-0.2, -0.15) is 14.4 Å². The number of aromatic nitrogens is 4. The molecule has 0 saturated carbocycles. The van der Waals surface area contributed by atoms with E-state index in [1.807, 2.05) is 0 Å². The van der Waals surface area contributed by atoms with Crippen LogP contribution in [0.15, 0.2) is 31.0 Å². The van der Waals surface area contributed by atoms with Gasteiger partial charge in [-0.05, 0) is 19.1 Å². The molecule has 0 aromatic carbocycles. The van der Waals surface area contributed by atoms with Crippen LogP contribution in [-0.4, -0.2) is 26.5 Å². The minimum absolute atomic E-state index is 0.460. The third-order valence-corrected chi connectivity index (χ3v) is 2.14. The molecule has 18 heavy (non-hydrogen) atoms. The highest BCUT2D eigenvalue weighted by molar-refractivity contribution is 5.54. The molecule has 0 saturated heterocycles. The van der Waals surface area contributed by atoms with Gasteiger partial charge < -0.3 is 5.32 Å². The quantitative estimate of drug-likeness (QED) is 0.659. The maximum atomic E-state index is 12.7. The molecule has 0 radical (unpaired) electrons. The highest BCUT2D eigenvalue weighted by Crippen LogP contribution is 2.15. The zero-order valence-electron chi connectivity index (χ0n) is 9.89. The average molecular weight is 245 g/mol. The van der Waals surface area contributed by atoms with E-state index in [0.717, 1.165) is 0 Å². The largest absolute Gasteiger partial charge is 0.351 e. The third-order valence-electron chi connectivity index (χ3n) is 2.14. The summed E-state index contributed by atoms with van der Waals surface area (Å²) >= 11 is 0. The summed E-state index contributed by atoms with van der Waals surface area (Å²) in [6.07, 6.45) is 3.10. The number of halogens is 1. The van der Waals surface area contributed by atoms with E-state index in [0.29, 0.717) is 29.7 Å². The summed E-state index contributed by atoms with van der Waals surface area (Å²) in [5, 5.41) is 2.98. The van der Waals surface area contributed by atoms with Gasteiger partial charge >= 0.3 is 0 Å². The Kier molecular flexibility index (Phi) is 3.57. The van der Waals surface area contributed by atoms with Crippen molar-refractivity contribution in [2.45, 2.75) is 6.92 Å². The summed E-state index contributed by atoms with van der Waals surface area (Å²) in [5.41, 5.74) is 0.642. The molecule has 1 N–H and O–H groups in total. The van der Waals surface area contributed by atoms with Crippen molar-refractivity contribution in [1.29, 1.82) is 0 Å². The van der Waals surface area contributed by atoms with Gasteiger partial charge in [0.15, 0.2) is 5.82 Å². The van der Waals surface area contributed by atoms with Crippen LogP contribution in [0.25, 0.3) is 11.4 Å². The monoisotopic (exact) mass is 245 g/mol. The molecule has 2 aromatic rings. The Morgan fingerprint density at radius 2 is 2.17 bits per heavy atom. The van der Waals surface area contributed by atoms with Crippen LogP contribution in [-0.2, 0) is 0 Å². The summed E-state index contributed by atoms with van der Waals surface area (Å²) in [7, 11) is 0. The molecule has 0 spiro atoms. The van der Waals surface area contributed by atoms with Crippen molar-refractivity contribution in [3.63, 3.8) is 0 Å². The minimum atomic E-state index is -0.533. The predicted octanol–water partition coefficient (Wildman–Crippen LogP) is 1.98. The fourth-order valence-corrected chi connectivity index (χ4v) is 1.36. The summed E-state index contributed by atoms with van der Waals surface area (Å²) in [4.78, 5) is 16.1. The standard InChI is InChI=1S/C12H12FN5/c1-3-6-14-12-17-8(2)16-11(18-12)9-4-5-10(13)15-7-9/h3-5,7H,1,6H2,2H3,(H,14,16,17,18). The molecule has 92 valence electrons. The molecule has 6 heteroatoms. The molecule has 0 aliphatic rings. The summed E-state index contributed by atoms with van der Waals surface area (Å²) in [5.74, 6) is 0.966. The van der Waals surface area contributed by atoms with E-state index in [-0.39, 0.29) is 0 Å². The number of aryl methyl sites for hydroxylation is 1. The fraction of sp³-hybridized carbons (Fsp3) is 0.167. The molecule has 0 aliphatic heterocycles. The lowest BCUT2D eigenvalue weighted by Gasteiger charge is -2.05. The van der Waals surface area contributed by atoms with E-state index in [2.05, 4.69) is 31.8 Å². The van der Waals surface area contributed by atoms with E-state index < -0.39 is 5.95 Å². The zero-order valence-corrected chi connectivity index (χ0v) is 9.89. The molecule has 0 unspecified atom stereocenters. The second-order valence-corrected chi connectivity index (χ2v) is 3.57. The minimum Gasteiger partial charge on any atom is -0.351 e. The van der Waals surface area contributed by atoms with Crippen LogP contribution >= 0.6 is 0 Å². The van der Waals surface area contributed by atoms with Crippen LogP contribution in [0.3, 0.4) is 0 Å². The molecule has 2 rings (SSSR count). The van der Waals surface area contributed by atoms with E-state index in [9.17, 15) is 4.39 Å². The molecular weight excluding hydrogens is 233 g/mol. The Hall–Kier alpha value is -2.37. The van der Waals surface area contributed by atoms with Crippen LogP contribution < -0.4 is 5.32 Å². The molecule has 2 heterocycles. The Labute approximate surface area is 104 Å². The van der Waals surface area contributed by atoms with Gasteiger partial charge in [0.1, 0.15) is 5.82 Å². The smallest absolute Gasteiger partial charge is 0.226 e. The van der Waals surface area contributed by atoms with Crippen LogP contribution in [0, 0.1) is 12.9 Å². The Balaban J connectivity index is 2.35. The van der Waals surface area contributed by atoms with Gasteiger partial charge in [0.25, 0.3) is 0 Å². The average Bonchev–Trinajstić information content (AvgIpc) is 2.36. The number of anilines is 1. The zero-order chi connectivity index (χ0) is 13.0. The van der Waals surface area contributed by atoms with E-state index in [4.69, 9.17) is 0 Å². The van der Waals surface area contributed by atoms with Crippen molar-refractivity contribution in [3.05, 3.63) is 42.8 Å². The Morgan fingerprint density at radius 1 is 1.33 bits per heavy atom. The van der Waals surface area contributed by atoms with Gasteiger partial charge in [-0.1, -0.05) is 6.08 Å². The topological polar surface area (TPSA) is 63.6 Å². The second-order valence-electron chi connectivity index (χ2n) is 3.57. The van der Waals surface area contributed by atoms with Gasteiger partial charge in [-0.15, -0.1) is 6.58 Å². The molecule has 5 nitrogen and oxygen atoms in total. The number of pyridine rings is 1. The molecule has 0 bridgehead atoms. The molecular formula is C12H12FN5. The summed E-state index contributed by atoms with van der Waals surface area (Å²) in [6, 6.07) is 2.85. The van der Waals surface area contributed by atoms with Crippen molar-refractivity contribution in [2.24, 2.45) is 0 Å². The lowest BCUT2D eigenvalue weighted by atomic mass is 10.3. The predicted molar refractivity (Wildman–Crippen MR) is 66.4 cm³/mol. The van der Waals surface area contributed by atoms with Gasteiger partial charge in [0.2, 0.25) is 11.9 Å². The van der Waals surface area contributed by atoms with Gasteiger partial charge in [-0.3, -0.25) is 0 Å². The van der Waals surface area contributed by atoms with E-state index >= 15 is 0 Å². The molecule has 0 amide bonds. The maximum Gasteiger partial charge on any atom is 0.226 e. The van der Waals surface area contributed by atoms with E-state index in [1.165, 1.54) is 12.3 Å². The highest BCUT2D eigenvalue weighted by Gasteiger charge is 2.06. The second kappa shape index (κ2) is 5.31. The van der Waals surface area contributed by atoms with Crippen LogP contribution in [0.1, 0.15) is 5.82 Å². The first-order chi connectivity index (χ1) is 8.69. The summed E-state index contributed by atoms with van der Waals surface area (Å²) in [6.45, 7) is 5.93. The molecule has 0 atom stereocenters. The van der Waals surface area contributed by atoms with Crippen molar-refractivity contribution in [1.82, 2.24) is 19.9 Å². The fourth-order valence-electron chi connectivity index (χ4n) is 1.36. The van der Waals surface area contributed by atoms with Crippen LogP contribution in [0.5, 0.6) is 0 Å². The normalized spacial score (nSPS) is 10.1. The van der Waals surface area contributed by atoms with Gasteiger partial charge in [0.05, 0.1) is 0 Å². The number of hydrogen-bond donors (Lipinski definition) is 1. The first-order valence-corrected chi connectivity index (χ1v) is 5.38. The first kappa shape index (κ1) is 12.1. The van der Waals surface area contributed by atoms with Crippen LogP contribution in [0.2, 0.25) is 0 Å². The lowest BCUT2D eigenvalue weighted by molar-refractivity contribution is 0.584. The van der Waals surface area contributed by atoms with Crippen molar-refractivity contribution in [2.75, 3.05) is 11.9 Å². The van der Waals surface area contributed by atoms with E-state index in [1.54, 1.807) is 19.1 Å². The Bertz CT molecular complexity index is 553. The molecule has 0 aliphatic carbocycles. The van der Waals surface area contributed by atoms with Crippen molar-refractivity contribution < 1.29 is 4.39 Å². The summed E-state index contributed by atoms with van der Waals surface area (Å²) < 4.78 is 12.7. The number of hydrogen-bond acceptors (Lipinski definition) is 5. The van der Waals surface area contributed by atoms with Gasteiger partial charge in [-0.25, -0.2) is 9.97 Å². The maximum absolute atomic E-state index is 12.7. The highest BCUT2D eigenvalue weighted by atomic mass is 19.1. The molecule has 0 fully saturated rings. The number of nitrogens with zero attached hydrogens (tertiary/aromatic N) is 4. The third kappa shape index (κ3) is 2.85. The first-order valence-electron chi connectivity index (χ1n) is 5.38. The molecule has 2 aromatic heterocycles. The van der Waals surface area contributed by atoms with Gasteiger partial charge in [0, 0.05) is 18.3 Å². The number of rotatable bonds is 4.